The molecule has 5 N–H and O–H groups in total. The number of carbonyl (C=O) groups is 3. The summed E-state index contributed by atoms with van der Waals surface area (Å²) in [6.45, 7) is 2.36. The Morgan fingerprint density at radius 1 is 1.25 bits per heavy atom. The van der Waals surface area contributed by atoms with E-state index in [1.807, 2.05) is 6.26 Å². The molecule has 1 fully saturated rings. The van der Waals surface area contributed by atoms with Crippen LogP contribution in [0.15, 0.2) is 0 Å². The van der Waals surface area contributed by atoms with E-state index in [1.54, 1.807) is 6.92 Å². The molecule has 0 unspecified atom stereocenters. The first-order valence-corrected chi connectivity index (χ1v) is 9.85. The Labute approximate surface area is 147 Å². The highest BCUT2D eigenvalue weighted by Gasteiger charge is 2.28. The summed E-state index contributed by atoms with van der Waals surface area (Å²) in [7, 11) is 0. The standard InChI is InChI=1S/C16H29N3O4S/c1-10(17)14(20)18-9-11-3-5-12(6-4-11)15(21)19-13(16(22)23)7-8-24-2/h10-13H,3-9,17H2,1-2H3,(H,18,20)(H,19,21)(H,22,23)/t10-,11?,12?,13-/m1/s1. The van der Waals surface area contributed by atoms with Gasteiger partial charge in [0.2, 0.25) is 5.91 Å². The third-order valence-electron chi connectivity index (χ3n) is 4.44. The van der Waals surface area contributed by atoms with Crippen molar-refractivity contribution in [3.05, 3.63) is 0 Å². The lowest BCUT2D eigenvalue weighted by Gasteiger charge is -2.29. The fourth-order valence-corrected chi connectivity index (χ4v) is 3.29. The molecule has 1 aliphatic rings. The second-order valence-corrected chi connectivity index (χ2v) is 7.51. The van der Waals surface area contributed by atoms with Crippen molar-refractivity contribution in [2.75, 3.05) is 18.6 Å². The maximum atomic E-state index is 12.3. The Hall–Kier alpha value is -1.28. The van der Waals surface area contributed by atoms with Crippen LogP contribution < -0.4 is 21.5 Å². The van der Waals surface area contributed by atoms with Gasteiger partial charge in [-0.15, -0.1) is 0 Å². The van der Waals surface area contributed by atoms with Gasteiger partial charge in [0, 0.05) is 12.5 Å². The number of carboxylic acid groups (broad SMARTS) is 1. The molecule has 8 heteroatoms. The van der Waals surface area contributed by atoms with E-state index in [-0.39, 0.29) is 23.8 Å². The molecule has 0 radical (unpaired) electrons. The summed E-state index contributed by atoms with van der Waals surface area (Å²) in [6.07, 6.45) is 5.40. The van der Waals surface area contributed by atoms with Crippen molar-refractivity contribution in [3.63, 3.8) is 0 Å². The first-order valence-electron chi connectivity index (χ1n) is 8.46. The van der Waals surface area contributed by atoms with E-state index in [0.717, 1.165) is 12.8 Å². The normalized spacial score (nSPS) is 23.1. The number of thioether (sulfide) groups is 1. The maximum Gasteiger partial charge on any atom is 0.277 e. The van der Waals surface area contributed by atoms with Crippen molar-refractivity contribution >= 4 is 29.5 Å². The van der Waals surface area contributed by atoms with Crippen LogP contribution in [0.25, 0.3) is 0 Å². The van der Waals surface area contributed by atoms with Gasteiger partial charge >= 0.3 is 0 Å². The molecule has 0 aromatic carbocycles. The van der Waals surface area contributed by atoms with Crippen molar-refractivity contribution < 1.29 is 25.2 Å². The Balaban J connectivity index is 2.36. The topological polar surface area (TPSA) is 126 Å². The van der Waals surface area contributed by atoms with Gasteiger partial charge < -0.3 is 26.3 Å². The van der Waals surface area contributed by atoms with E-state index in [2.05, 4.69) is 16.4 Å². The van der Waals surface area contributed by atoms with Crippen LogP contribution in [0.5, 0.6) is 0 Å². The van der Waals surface area contributed by atoms with Gasteiger partial charge in [-0.05, 0) is 57.0 Å². The highest BCUT2D eigenvalue weighted by atomic mass is 32.2. The second-order valence-electron chi connectivity index (χ2n) is 6.53. The molecule has 1 rings (SSSR count). The smallest absolute Gasteiger partial charge is 0.277 e. The molecule has 1 saturated carbocycles. The zero-order valence-electron chi connectivity index (χ0n) is 14.5. The fourth-order valence-electron chi connectivity index (χ4n) is 2.82. The Bertz CT molecular complexity index is 437. The zero-order valence-corrected chi connectivity index (χ0v) is 15.3. The average Bonchev–Trinajstić information content (AvgIpc) is 2.56. The molecule has 1 aliphatic carbocycles. The van der Waals surface area contributed by atoms with Gasteiger partial charge in [-0.1, -0.05) is 0 Å². The Morgan fingerprint density at radius 2 is 1.88 bits per heavy atom. The van der Waals surface area contributed by atoms with Gasteiger partial charge in [-0.2, -0.15) is 11.8 Å². The monoisotopic (exact) mass is 359 g/mol. The molecule has 0 spiro atoms. The highest BCUT2D eigenvalue weighted by Crippen LogP contribution is 2.28. The first-order chi connectivity index (χ1) is 11.3. The van der Waals surface area contributed by atoms with E-state index in [1.165, 1.54) is 11.8 Å². The van der Waals surface area contributed by atoms with Crippen molar-refractivity contribution in [2.45, 2.75) is 51.1 Å². The summed E-state index contributed by atoms with van der Waals surface area (Å²) in [4.78, 5) is 34.9. The molecule has 2 atom stereocenters. The van der Waals surface area contributed by atoms with Gasteiger partial charge in [0.1, 0.15) is 0 Å². The van der Waals surface area contributed by atoms with E-state index in [9.17, 15) is 19.5 Å². The van der Waals surface area contributed by atoms with Gasteiger partial charge in [0.25, 0.3) is 5.91 Å². The largest absolute Gasteiger partial charge is 0.548 e. The quantitative estimate of drug-likeness (QED) is 0.463. The zero-order chi connectivity index (χ0) is 18.1. The molecule has 0 saturated heterocycles. The second kappa shape index (κ2) is 10.6. The van der Waals surface area contributed by atoms with Crippen molar-refractivity contribution in [3.8, 4) is 0 Å². The third kappa shape index (κ3) is 7.09. The van der Waals surface area contributed by atoms with Gasteiger partial charge in [0.15, 0.2) is 6.04 Å². The van der Waals surface area contributed by atoms with Crippen LogP contribution >= 0.6 is 11.8 Å². The van der Waals surface area contributed by atoms with Crippen LogP contribution in [0.2, 0.25) is 0 Å². The van der Waals surface area contributed by atoms with Crippen LogP contribution in [-0.2, 0) is 14.4 Å². The molecule has 0 bridgehead atoms. The molecule has 0 aromatic heterocycles. The van der Waals surface area contributed by atoms with E-state index in [0.29, 0.717) is 37.5 Å². The first kappa shape index (κ1) is 20.8. The number of hydrogen-bond acceptors (Lipinski definition) is 5. The molecule has 0 heterocycles. The highest BCUT2D eigenvalue weighted by molar-refractivity contribution is 7.98. The van der Waals surface area contributed by atoms with Crippen molar-refractivity contribution in [1.29, 1.82) is 0 Å². The molecule has 24 heavy (non-hydrogen) atoms. The van der Waals surface area contributed by atoms with Crippen LogP contribution in [0.1, 0.15) is 39.0 Å². The number of carbonyl (C=O) groups excluding carboxylic acids is 3. The summed E-state index contributed by atoms with van der Waals surface area (Å²) < 4.78 is 0. The third-order valence-corrected chi connectivity index (χ3v) is 5.09. The molecular weight excluding hydrogens is 330 g/mol. The van der Waals surface area contributed by atoms with Crippen molar-refractivity contribution in [2.24, 2.45) is 11.8 Å². The number of hydrogen-bond donors (Lipinski definition) is 3. The molecule has 2 amide bonds. The summed E-state index contributed by atoms with van der Waals surface area (Å²) in [6, 6.07) is -1.18. The minimum atomic E-state index is -1.23. The number of rotatable bonds is 9. The molecular formula is C16H29N3O4S. The predicted octanol–water partition coefficient (Wildman–Crippen LogP) is -1.47. The van der Waals surface area contributed by atoms with Gasteiger partial charge in [-0.3, -0.25) is 9.59 Å². The van der Waals surface area contributed by atoms with E-state index < -0.39 is 12.0 Å². The van der Waals surface area contributed by atoms with Crippen molar-refractivity contribution in [1.82, 2.24) is 10.6 Å². The molecule has 138 valence electrons. The lowest BCUT2D eigenvalue weighted by Crippen LogP contribution is -2.66. The summed E-state index contributed by atoms with van der Waals surface area (Å²) >= 11 is 1.54. The number of aliphatic carboxylic acids is 1. The Morgan fingerprint density at radius 3 is 2.38 bits per heavy atom. The number of carboxylic acids is 1. The summed E-state index contributed by atoms with van der Waals surface area (Å²) in [5, 5.41) is 16.6. The van der Waals surface area contributed by atoms with Gasteiger partial charge in [0.05, 0.1) is 12.0 Å². The van der Waals surface area contributed by atoms with Crippen LogP contribution in [-0.4, -0.2) is 48.4 Å². The molecule has 0 aliphatic heterocycles. The minimum Gasteiger partial charge on any atom is -0.548 e. The minimum absolute atomic E-state index is 0.0551. The van der Waals surface area contributed by atoms with Crippen LogP contribution in [0, 0.1) is 11.8 Å². The number of nitrogens with one attached hydrogen (secondary N) is 2. The fraction of sp³-hybridized carbons (Fsp3) is 0.812. The lowest BCUT2D eigenvalue weighted by molar-refractivity contribution is -0.398. The number of quaternary nitrogens is 1. The lowest BCUT2D eigenvalue weighted by atomic mass is 9.81. The SMILES string of the molecule is CSCC[C@@H](NC(=O)C1CCC(CNC(=O)[C@@H](C)[NH3+])CC1)C(=O)[O-]. The predicted molar refractivity (Wildman–Crippen MR) is 90.7 cm³/mol. The molecule has 7 nitrogen and oxygen atoms in total. The molecule has 0 aromatic rings. The van der Waals surface area contributed by atoms with E-state index >= 15 is 0 Å². The van der Waals surface area contributed by atoms with Crippen LogP contribution in [0.4, 0.5) is 0 Å². The van der Waals surface area contributed by atoms with Crippen LogP contribution in [0.3, 0.4) is 0 Å². The summed E-state index contributed by atoms with van der Waals surface area (Å²) in [5.41, 5.74) is 3.68. The number of amides is 2. The maximum absolute atomic E-state index is 12.3. The van der Waals surface area contributed by atoms with E-state index in [4.69, 9.17) is 0 Å². The Kier molecular flexibility index (Phi) is 9.13. The summed E-state index contributed by atoms with van der Waals surface area (Å²) in [5.74, 6) is -0.600. The average molecular weight is 359 g/mol. The van der Waals surface area contributed by atoms with Gasteiger partial charge in [-0.25, -0.2) is 0 Å².